The van der Waals surface area contributed by atoms with Crippen LogP contribution in [-0.4, -0.2) is 25.7 Å². The van der Waals surface area contributed by atoms with Crippen molar-refractivity contribution in [1.29, 1.82) is 0 Å². The van der Waals surface area contributed by atoms with Gasteiger partial charge in [0.25, 0.3) is 5.91 Å². The molecule has 4 nitrogen and oxygen atoms in total. The second-order valence-corrected chi connectivity index (χ2v) is 5.32. The first-order chi connectivity index (χ1) is 11.2. The molecule has 3 rings (SSSR count). The SMILES string of the molecule is O=C(NCCc1ccc2c(c1)OCCCO2)c1ccccc1F. The molecule has 0 bridgehead atoms. The molecule has 5 heteroatoms. The van der Waals surface area contributed by atoms with Gasteiger partial charge in [0.05, 0.1) is 18.8 Å². The van der Waals surface area contributed by atoms with Gasteiger partial charge in [-0.3, -0.25) is 4.79 Å². The molecule has 120 valence electrons. The van der Waals surface area contributed by atoms with Crippen molar-refractivity contribution in [2.75, 3.05) is 19.8 Å². The number of carbonyl (C=O) groups is 1. The molecule has 1 amide bonds. The zero-order valence-corrected chi connectivity index (χ0v) is 12.7. The lowest BCUT2D eigenvalue weighted by Crippen LogP contribution is -2.26. The van der Waals surface area contributed by atoms with E-state index in [0.29, 0.717) is 26.2 Å². The van der Waals surface area contributed by atoms with Crippen LogP contribution in [0.1, 0.15) is 22.3 Å². The molecule has 2 aromatic rings. The Labute approximate surface area is 134 Å². The fourth-order valence-corrected chi connectivity index (χ4v) is 2.42. The summed E-state index contributed by atoms with van der Waals surface area (Å²) in [5, 5.41) is 2.73. The minimum Gasteiger partial charge on any atom is -0.490 e. The van der Waals surface area contributed by atoms with Crippen LogP contribution in [-0.2, 0) is 6.42 Å². The summed E-state index contributed by atoms with van der Waals surface area (Å²) in [5.41, 5.74) is 1.09. The summed E-state index contributed by atoms with van der Waals surface area (Å²) in [5.74, 6) is 0.570. The minimum absolute atomic E-state index is 0.0613. The predicted molar refractivity (Wildman–Crippen MR) is 84.5 cm³/mol. The highest BCUT2D eigenvalue weighted by Crippen LogP contribution is 2.30. The summed E-state index contributed by atoms with van der Waals surface area (Å²) in [6.07, 6.45) is 1.50. The number of hydrogen-bond donors (Lipinski definition) is 1. The van der Waals surface area contributed by atoms with Crippen molar-refractivity contribution < 1.29 is 18.7 Å². The van der Waals surface area contributed by atoms with Crippen molar-refractivity contribution in [2.24, 2.45) is 0 Å². The van der Waals surface area contributed by atoms with Gasteiger partial charge in [-0.2, -0.15) is 0 Å². The fourth-order valence-electron chi connectivity index (χ4n) is 2.42. The van der Waals surface area contributed by atoms with Crippen LogP contribution in [0.3, 0.4) is 0 Å². The highest BCUT2D eigenvalue weighted by molar-refractivity contribution is 5.94. The van der Waals surface area contributed by atoms with Gasteiger partial charge < -0.3 is 14.8 Å². The lowest BCUT2D eigenvalue weighted by Gasteiger charge is -2.10. The van der Waals surface area contributed by atoms with Crippen LogP contribution in [0.25, 0.3) is 0 Å². The van der Waals surface area contributed by atoms with E-state index in [9.17, 15) is 9.18 Å². The molecule has 1 N–H and O–H groups in total. The molecule has 23 heavy (non-hydrogen) atoms. The van der Waals surface area contributed by atoms with Crippen LogP contribution in [0.15, 0.2) is 42.5 Å². The maximum atomic E-state index is 13.5. The second-order valence-electron chi connectivity index (χ2n) is 5.32. The molecule has 2 aromatic carbocycles. The molecule has 0 radical (unpaired) electrons. The van der Waals surface area contributed by atoms with E-state index in [1.807, 2.05) is 18.2 Å². The van der Waals surface area contributed by atoms with Crippen LogP contribution < -0.4 is 14.8 Å². The number of halogens is 1. The van der Waals surface area contributed by atoms with E-state index >= 15 is 0 Å². The largest absolute Gasteiger partial charge is 0.490 e. The number of fused-ring (bicyclic) bond motifs is 1. The summed E-state index contributed by atoms with van der Waals surface area (Å²) in [6.45, 7) is 1.72. The van der Waals surface area contributed by atoms with E-state index in [4.69, 9.17) is 9.47 Å². The second kappa shape index (κ2) is 7.13. The summed E-state index contributed by atoms with van der Waals surface area (Å²) >= 11 is 0. The van der Waals surface area contributed by atoms with Crippen molar-refractivity contribution in [2.45, 2.75) is 12.8 Å². The monoisotopic (exact) mass is 315 g/mol. The number of benzene rings is 2. The minimum atomic E-state index is -0.513. The fraction of sp³-hybridized carbons (Fsp3) is 0.278. The Morgan fingerprint density at radius 1 is 1.09 bits per heavy atom. The average molecular weight is 315 g/mol. The Kier molecular flexibility index (Phi) is 4.76. The van der Waals surface area contributed by atoms with E-state index in [2.05, 4.69) is 5.32 Å². The molecule has 0 fully saturated rings. The lowest BCUT2D eigenvalue weighted by molar-refractivity contribution is 0.0950. The van der Waals surface area contributed by atoms with Crippen LogP contribution in [0, 0.1) is 5.82 Å². The van der Waals surface area contributed by atoms with Crippen LogP contribution >= 0.6 is 0 Å². The Morgan fingerprint density at radius 2 is 1.87 bits per heavy atom. The van der Waals surface area contributed by atoms with E-state index in [1.54, 1.807) is 12.1 Å². The zero-order valence-electron chi connectivity index (χ0n) is 12.7. The molecule has 0 saturated carbocycles. The highest BCUT2D eigenvalue weighted by Gasteiger charge is 2.12. The third-order valence-corrected chi connectivity index (χ3v) is 3.63. The Bertz CT molecular complexity index is 702. The summed E-state index contributed by atoms with van der Waals surface area (Å²) in [4.78, 5) is 11.9. The lowest BCUT2D eigenvalue weighted by atomic mass is 10.1. The van der Waals surface area contributed by atoms with E-state index in [-0.39, 0.29) is 5.56 Å². The van der Waals surface area contributed by atoms with Crippen molar-refractivity contribution in [3.8, 4) is 11.5 Å². The van der Waals surface area contributed by atoms with E-state index < -0.39 is 11.7 Å². The molecular formula is C18H18FNO3. The topological polar surface area (TPSA) is 47.6 Å². The van der Waals surface area contributed by atoms with Gasteiger partial charge in [0.2, 0.25) is 0 Å². The maximum Gasteiger partial charge on any atom is 0.254 e. The van der Waals surface area contributed by atoms with Gasteiger partial charge in [-0.25, -0.2) is 4.39 Å². The first-order valence-electron chi connectivity index (χ1n) is 7.65. The van der Waals surface area contributed by atoms with Crippen LogP contribution in [0.5, 0.6) is 11.5 Å². The first kappa shape index (κ1) is 15.3. The molecule has 0 atom stereocenters. The quantitative estimate of drug-likeness (QED) is 0.943. The predicted octanol–water partition coefficient (Wildman–Crippen LogP) is 2.96. The standard InChI is InChI=1S/C18H18FNO3/c19-15-5-2-1-4-14(15)18(21)20-9-8-13-6-7-16-17(12-13)23-11-3-10-22-16/h1-2,4-7,12H,3,8-11H2,(H,20,21). The number of amides is 1. The molecule has 1 aliphatic heterocycles. The van der Waals surface area contributed by atoms with Crippen molar-refractivity contribution in [3.05, 3.63) is 59.4 Å². The Morgan fingerprint density at radius 3 is 2.70 bits per heavy atom. The van der Waals surface area contributed by atoms with Crippen molar-refractivity contribution in [3.63, 3.8) is 0 Å². The van der Waals surface area contributed by atoms with Crippen molar-refractivity contribution in [1.82, 2.24) is 5.32 Å². The number of rotatable bonds is 4. The third kappa shape index (κ3) is 3.80. The first-order valence-corrected chi connectivity index (χ1v) is 7.65. The summed E-state index contributed by atoms with van der Waals surface area (Å²) < 4.78 is 24.7. The molecule has 1 aliphatic rings. The van der Waals surface area contributed by atoms with Gasteiger partial charge >= 0.3 is 0 Å². The Hall–Kier alpha value is -2.56. The molecule has 0 aliphatic carbocycles. The van der Waals surface area contributed by atoms with Gasteiger partial charge in [0.1, 0.15) is 5.82 Å². The third-order valence-electron chi connectivity index (χ3n) is 3.63. The van der Waals surface area contributed by atoms with Crippen molar-refractivity contribution >= 4 is 5.91 Å². The summed E-state index contributed by atoms with van der Waals surface area (Å²) in [6, 6.07) is 11.7. The van der Waals surface area contributed by atoms with E-state index in [0.717, 1.165) is 23.5 Å². The van der Waals surface area contributed by atoms with Gasteiger partial charge in [0.15, 0.2) is 11.5 Å². The molecule has 0 spiro atoms. The molecular weight excluding hydrogens is 297 g/mol. The number of nitrogens with one attached hydrogen (secondary N) is 1. The van der Waals surface area contributed by atoms with Crippen LogP contribution in [0.4, 0.5) is 4.39 Å². The summed E-state index contributed by atoms with van der Waals surface area (Å²) in [7, 11) is 0. The molecule has 1 heterocycles. The molecule has 0 aromatic heterocycles. The van der Waals surface area contributed by atoms with E-state index in [1.165, 1.54) is 12.1 Å². The smallest absolute Gasteiger partial charge is 0.254 e. The average Bonchev–Trinajstić information content (AvgIpc) is 2.80. The van der Waals surface area contributed by atoms with Crippen LogP contribution in [0.2, 0.25) is 0 Å². The molecule has 0 saturated heterocycles. The van der Waals surface area contributed by atoms with Gasteiger partial charge in [0, 0.05) is 13.0 Å². The number of ether oxygens (including phenoxy) is 2. The number of hydrogen-bond acceptors (Lipinski definition) is 3. The van der Waals surface area contributed by atoms with Gasteiger partial charge in [-0.05, 0) is 36.2 Å². The maximum absolute atomic E-state index is 13.5. The molecule has 0 unspecified atom stereocenters. The normalized spacial score (nSPS) is 13.3. The zero-order chi connectivity index (χ0) is 16.1. The number of carbonyl (C=O) groups excluding carboxylic acids is 1. The van der Waals surface area contributed by atoms with Gasteiger partial charge in [-0.1, -0.05) is 18.2 Å². The van der Waals surface area contributed by atoms with Gasteiger partial charge in [-0.15, -0.1) is 0 Å². The highest BCUT2D eigenvalue weighted by atomic mass is 19.1. The Balaban J connectivity index is 1.58.